The predicted molar refractivity (Wildman–Crippen MR) is 107 cm³/mol. The van der Waals surface area contributed by atoms with Gasteiger partial charge in [0.1, 0.15) is 5.75 Å². The molecule has 2 aromatic carbocycles. The highest BCUT2D eigenvalue weighted by Crippen LogP contribution is 2.54. The number of oxime groups is 1. The van der Waals surface area contributed by atoms with Gasteiger partial charge in [-0.1, -0.05) is 29.4 Å². The largest absolute Gasteiger partial charge is 0.495 e. The van der Waals surface area contributed by atoms with E-state index in [0.717, 1.165) is 11.1 Å². The molecule has 1 aliphatic carbocycles. The zero-order chi connectivity index (χ0) is 19.2. The van der Waals surface area contributed by atoms with E-state index in [1.54, 1.807) is 55.3 Å². The monoisotopic (exact) mass is 404 g/mol. The van der Waals surface area contributed by atoms with Crippen molar-refractivity contribution in [1.29, 1.82) is 0 Å². The van der Waals surface area contributed by atoms with Crippen molar-refractivity contribution in [3.8, 4) is 5.75 Å². The number of nitrogens with zero attached hydrogens (tertiary/aromatic N) is 2. The molecular formula is C19H20N2O4S2. The van der Waals surface area contributed by atoms with Crippen molar-refractivity contribution >= 4 is 33.2 Å². The Morgan fingerprint density at radius 2 is 1.96 bits per heavy atom. The fourth-order valence-electron chi connectivity index (χ4n) is 4.07. The molecule has 1 aliphatic heterocycles. The van der Waals surface area contributed by atoms with E-state index in [4.69, 9.17) is 4.74 Å². The minimum absolute atomic E-state index is 0.0575. The minimum Gasteiger partial charge on any atom is -0.495 e. The summed E-state index contributed by atoms with van der Waals surface area (Å²) in [6.07, 6.45) is 2.48. The van der Waals surface area contributed by atoms with Gasteiger partial charge in [0.2, 0.25) is 0 Å². The lowest BCUT2D eigenvalue weighted by Crippen LogP contribution is -2.30. The molecule has 0 radical (unpaired) electrons. The van der Waals surface area contributed by atoms with Gasteiger partial charge >= 0.3 is 0 Å². The summed E-state index contributed by atoms with van der Waals surface area (Å²) in [5.74, 6) is 0.484. The second-order valence-corrected chi connectivity index (χ2v) is 9.38. The van der Waals surface area contributed by atoms with Crippen molar-refractivity contribution in [3.63, 3.8) is 0 Å². The number of anilines is 1. The number of hydrogen-bond donors (Lipinski definition) is 1. The quantitative estimate of drug-likeness (QED) is 0.622. The molecule has 0 saturated carbocycles. The SMILES string of the molecule is COc1ccc2c3c1N(S(=O)(=O)c1ccccc1)CC3C/C(=N\O)C2SC. The maximum absolute atomic E-state index is 13.3. The van der Waals surface area contributed by atoms with Crippen molar-refractivity contribution in [2.24, 2.45) is 5.16 Å². The first-order valence-electron chi connectivity index (χ1n) is 8.55. The average Bonchev–Trinajstić information content (AvgIpc) is 3.10. The Balaban J connectivity index is 1.93. The highest BCUT2D eigenvalue weighted by atomic mass is 32.2. The van der Waals surface area contributed by atoms with Gasteiger partial charge in [0, 0.05) is 12.5 Å². The summed E-state index contributed by atoms with van der Waals surface area (Å²) >= 11 is 1.58. The van der Waals surface area contributed by atoms with Gasteiger partial charge < -0.3 is 9.94 Å². The van der Waals surface area contributed by atoms with Gasteiger partial charge in [-0.2, -0.15) is 11.8 Å². The number of methoxy groups -OCH3 is 1. The van der Waals surface area contributed by atoms with Crippen LogP contribution >= 0.6 is 11.8 Å². The lowest BCUT2D eigenvalue weighted by atomic mass is 9.82. The highest BCUT2D eigenvalue weighted by molar-refractivity contribution is 7.99. The number of benzene rings is 2. The van der Waals surface area contributed by atoms with Gasteiger partial charge in [0.15, 0.2) is 0 Å². The van der Waals surface area contributed by atoms with E-state index >= 15 is 0 Å². The van der Waals surface area contributed by atoms with Crippen LogP contribution in [0, 0.1) is 0 Å². The molecule has 8 heteroatoms. The minimum atomic E-state index is -3.72. The van der Waals surface area contributed by atoms with Crippen LogP contribution in [0.5, 0.6) is 5.75 Å². The summed E-state index contributed by atoms with van der Waals surface area (Å²) in [7, 11) is -2.17. The second-order valence-electron chi connectivity index (χ2n) is 6.58. The molecule has 2 aromatic rings. The van der Waals surface area contributed by atoms with Gasteiger partial charge in [0.05, 0.1) is 28.7 Å². The van der Waals surface area contributed by atoms with Crippen molar-refractivity contribution < 1.29 is 18.4 Å². The maximum Gasteiger partial charge on any atom is 0.264 e. The Morgan fingerprint density at radius 1 is 1.22 bits per heavy atom. The first kappa shape index (κ1) is 18.2. The number of thioether (sulfide) groups is 1. The Labute approximate surface area is 162 Å². The lowest BCUT2D eigenvalue weighted by Gasteiger charge is -2.28. The molecular weight excluding hydrogens is 384 g/mol. The molecule has 0 bridgehead atoms. The van der Waals surface area contributed by atoms with Crippen molar-refractivity contribution in [2.45, 2.75) is 22.5 Å². The average molecular weight is 405 g/mol. The molecule has 2 atom stereocenters. The first-order valence-corrected chi connectivity index (χ1v) is 11.3. The standard InChI is InChI=1S/C19H20N2O4S2/c1-25-16-9-8-14-17-12(10-15(20-22)19(14)26-2)11-21(18(16)17)27(23,24)13-6-4-3-5-7-13/h3-9,12,19,22H,10-11H2,1-2H3/b20-15+. The molecule has 142 valence electrons. The summed E-state index contributed by atoms with van der Waals surface area (Å²) in [6.45, 7) is 0.306. The molecule has 27 heavy (non-hydrogen) atoms. The number of rotatable bonds is 4. The van der Waals surface area contributed by atoms with E-state index < -0.39 is 10.0 Å². The Hall–Kier alpha value is -2.19. The summed E-state index contributed by atoms with van der Waals surface area (Å²) in [5.41, 5.74) is 3.27. The predicted octanol–water partition coefficient (Wildman–Crippen LogP) is 3.63. The van der Waals surface area contributed by atoms with Gasteiger partial charge in [-0.25, -0.2) is 8.42 Å². The Morgan fingerprint density at radius 3 is 2.59 bits per heavy atom. The van der Waals surface area contributed by atoms with Crippen LogP contribution in [-0.2, 0) is 10.0 Å². The van der Waals surface area contributed by atoms with Gasteiger partial charge in [-0.15, -0.1) is 0 Å². The smallest absolute Gasteiger partial charge is 0.264 e. The van der Waals surface area contributed by atoms with Gasteiger partial charge in [0.25, 0.3) is 10.0 Å². The van der Waals surface area contributed by atoms with Crippen LogP contribution in [0.25, 0.3) is 0 Å². The zero-order valence-corrected chi connectivity index (χ0v) is 16.6. The third-order valence-electron chi connectivity index (χ3n) is 5.21. The van der Waals surface area contributed by atoms with Crippen molar-refractivity contribution in [1.82, 2.24) is 0 Å². The molecule has 1 heterocycles. The topological polar surface area (TPSA) is 79.2 Å². The van der Waals surface area contributed by atoms with E-state index in [2.05, 4.69) is 5.16 Å². The van der Waals surface area contributed by atoms with Crippen LogP contribution in [0.1, 0.15) is 28.7 Å². The van der Waals surface area contributed by atoms with Crippen LogP contribution in [0.4, 0.5) is 5.69 Å². The van der Waals surface area contributed by atoms with E-state index in [1.807, 2.05) is 12.3 Å². The Bertz CT molecular complexity index is 1010. The van der Waals surface area contributed by atoms with Gasteiger partial charge in [-0.3, -0.25) is 4.31 Å². The fourth-order valence-corrected chi connectivity index (χ4v) is 6.50. The molecule has 0 saturated heterocycles. The second kappa shape index (κ2) is 6.76. The highest BCUT2D eigenvalue weighted by Gasteiger charge is 2.45. The third-order valence-corrected chi connectivity index (χ3v) is 7.99. The number of hydrogen-bond acceptors (Lipinski definition) is 6. The maximum atomic E-state index is 13.3. The van der Waals surface area contributed by atoms with Crippen molar-refractivity contribution in [2.75, 3.05) is 24.2 Å². The summed E-state index contributed by atoms with van der Waals surface area (Å²) < 4.78 is 33.7. The zero-order valence-electron chi connectivity index (χ0n) is 15.0. The summed E-state index contributed by atoms with van der Waals surface area (Å²) in [5, 5.41) is 12.9. The molecule has 0 spiro atoms. The van der Waals surface area contributed by atoms with Crippen molar-refractivity contribution in [3.05, 3.63) is 53.6 Å². The molecule has 0 aromatic heterocycles. The fraction of sp³-hybridized carbons (Fsp3) is 0.316. The summed E-state index contributed by atoms with van der Waals surface area (Å²) in [4.78, 5) is 0.251. The van der Waals surface area contributed by atoms with E-state index in [0.29, 0.717) is 30.1 Å². The van der Waals surface area contributed by atoms with Crippen LogP contribution in [0.2, 0.25) is 0 Å². The molecule has 0 amide bonds. The van der Waals surface area contributed by atoms with Crippen LogP contribution in [0.15, 0.2) is 52.5 Å². The normalized spacial score (nSPS) is 22.7. The van der Waals surface area contributed by atoms with Crippen LogP contribution < -0.4 is 9.04 Å². The van der Waals surface area contributed by atoms with E-state index in [9.17, 15) is 13.6 Å². The lowest BCUT2D eigenvalue weighted by molar-refractivity contribution is 0.315. The molecule has 2 unspecified atom stereocenters. The van der Waals surface area contributed by atoms with E-state index in [-0.39, 0.29) is 16.1 Å². The summed E-state index contributed by atoms with van der Waals surface area (Å²) in [6, 6.07) is 12.2. The molecule has 2 aliphatic rings. The third kappa shape index (κ3) is 2.70. The van der Waals surface area contributed by atoms with Gasteiger partial charge in [-0.05, 0) is 42.0 Å². The molecule has 6 nitrogen and oxygen atoms in total. The van der Waals surface area contributed by atoms with Crippen LogP contribution in [0.3, 0.4) is 0 Å². The number of sulfonamides is 1. The Kier molecular flexibility index (Phi) is 4.55. The molecule has 4 rings (SSSR count). The van der Waals surface area contributed by atoms with E-state index in [1.165, 1.54) is 4.31 Å². The molecule has 0 fully saturated rings. The first-order chi connectivity index (χ1) is 13.0. The number of ether oxygens (including phenoxy) is 1. The molecule has 1 N–H and O–H groups in total. The van der Waals surface area contributed by atoms with Crippen LogP contribution in [-0.4, -0.2) is 39.2 Å².